The Balaban J connectivity index is 2.29. The van der Waals surface area contributed by atoms with Gasteiger partial charge in [-0.15, -0.1) is 0 Å². The van der Waals surface area contributed by atoms with E-state index < -0.39 is 22.7 Å². The maximum atomic E-state index is 11.9. The van der Waals surface area contributed by atoms with Crippen molar-refractivity contribution in [2.75, 3.05) is 7.11 Å². The van der Waals surface area contributed by atoms with Gasteiger partial charge in [-0.1, -0.05) is 18.2 Å². The van der Waals surface area contributed by atoms with E-state index in [4.69, 9.17) is 0 Å². The van der Waals surface area contributed by atoms with E-state index in [1.807, 2.05) is 0 Å². The smallest absolute Gasteiger partial charge is 0.359 e. The molecule has 122 valence electrons. The largest absolute Gasteiger partial charge is 0.465 e. The van der Waals surface area contributed by atoms with Crippen LogP contribution in [0.4, 0.5) is 8.78 Å². The number of rotatable bonds is 5. The Morgan fingerprint density at radius 2 is 1.78 bits per heavy atom. The van der Waals surface area contributed by atoms with Crippen molar-refractivity contribution in [2.45, 2.75) is 6.61 Å². The summed E-state index contributed by atoms with van der Waals surface area (Å²) in [5, 5.41) is 2.05. The summed E-state index contributed by atoms with van der Waals surface area (Å²) in [6, 6.07) is 9.76. The minimum Gasteiger partial charge on any atom is -0.465 e. The third-order valence-corrected chi connectivity index (χ3v) is 3.80. The number of hydrogen-bond acceptors (Lipinski definition) is 5. The number of fused-ring (bicyclic) bond motifs is 1. The van der Waals surface area contributed by atoms with Crippen LogP contribution in [0.3, 0.4) is 0 Å². The van der Waals surface area contributed by atoms with Crippen LogP contribution >= 0.6 is 0 Å². The maximum Gasteiger partial charge on any atom is 0.359 e. The van der Waals surface area contributed by atoms with E-state index in [-0.39, 0.29) is 0 Å². The molecular formula is C15H12F2O5S. The number of carbonyl (C=O) groups excluding carboxylic acids is 1. The Bertz CT molecular complexity index is 859. The summed E-state index contributed by atoms with van der Waals surface area (Å²) in [4.78, 5) is 11.4. The monoisotopic (exact) mass is 342 g/mol. The molecular weight excluding hydrogens is 330 g/mol. The molecule has 0 aromatic heterocycles. The van der Waals surface area contributed by atoms with Crippen LogP contribution in [-0.4, -0.2) is 28.1 Å². The van der Waals surface area contributed by atoms with Gasteiger partial charge in [0.15, 0.2) is 0 Å². The lowest BCUT2D eigenvalue weighted by atomic mass is 10.0. The number of halogens is 2. The van der Waals surface area contributed by atoms with Crippen molar-refractivity contribution in [3.05, 3.63) is 52.9 Å². The lowest BCUT2D eigenvalue weighted by molar-refractivity contribution is -0.0432. The molecule has 0 saturated carbocycles. The van der Waals surface area contributed by atoms with E-state index >= 15 is 0 Å². The zero-order valence-electron chi connectivity index (χ0n) is 11.9. The van der Waals surface area contributed by atoms with Crippen LogP contribution in [0.2, 0.25) is 0 Å². The van der Waals surface area contributed by atoms with Gasteiger partial charge in [0, 0.05) is 0 Å². The third-order valence-electron chi connectivity index (χ3n) is 2.92. The minimum atomic E-state index is -4.45. The van der Waals surface area contributed by atoms with Gasteiger partial charge in [-0.25, -0.2) is 4.79 Å². The van der Waals surface area contributed by atoms with Crippen molar-refractivity contribution in [2.24, 2.45) is 0 Å². The van der Waals surface area contributed by atoms with E-state index in [1.165, 1.54) is 7.11 Å². The van der Waals surface area contributed by atoms with Crippen LogP contribution in [0.5, 0.6) is 0 Å². The van der Waals surface area contributed by atoms with Crippen LogP contribution in [0, 0.1) is 0 Å². The molecule has 2 aromatic carbocycles. The number of alkyl halides is 2. The summed E-state index contributed by atoms with van der Waals surface area (Å²) in [7, 11) is -3.17. The molecule has 0 saturated heterocycles. The number of carbonyl (C=O) groups is 1. The molecule has 0 fully saturated rings. The molecule has 0 aliphatic carbocycles. The molecule has 0 radical (unpaired) electrons. The van der Waals surface area contributed by atoms with Crippen LogP contribution in [0.15, 0.2) is 41.8 Å². The Labute approximate surface area is 131 Å². The van der Waals surface area contributed by atoms with Crippen LogP contribution in [0.1, 0.15) is 15.9 Å². The van der Waals surface area contributed by atoms with Crippen molar-refractivity contribution in [3.63, 3.8) is 0 Å². The molecule has 0 N–H and O–H groups in total. The Kier molecular flexibility index (Phi) is 5.07. The highest BCUT2D eigenvalue weighted by Crippen LogP contribution is 2.20. The predicted molar refractivity (Wildman–Crippen MR) is 80.3 cm³/mol. The van der Waals surface area contributed by atoms with E-state index in [0.717, 1.165) is 16.8 Å². The molecule has 0 aliphatic heterocycles. The van der Waals surface area contributed by atoms with Gasteiger partial charge in [-0.3, -0.25) is 0 Å². The first-order valence-corrected chi connectivity index (χ1v) is 7.79. The Morgan fingerprint density at radius 1 is 1.13 bits per heavy atom. The van der Waals surface area contributed by atoms with Crippen molar-refractivity contribution >= 4 is 32.9 Å². The highest BCUT2D eigenvalue weighted by molar-refractivity contribution is 7.89. The minimum absolute atomic E-state index is 0.385. The van der Waals surface area contributed by atoms with Gasteiger partial charge in [-0.05, 0) is 40.6 Å². The van der Waals surface area contributed by atoms with Gasteiger partial charge in [0.1, 0.15) is 0 Å². The zero-order chi connectivity index (χ0) is 17.0. The number of hydrogen-bond donors (Lipinski definition) is 0. The Hall–Kier alpha value is -2.32. The second-order valence-corrected chi connectivity index (χ2v) is 5.92. The van der Waals surface area contributed by atoms with Crippen molar-refractivity contribution < 1.29 is 30.9 Å². The quantitative estimate of drug-likeness (QED) is 0.617. The average molecular weight is 342 g/mol. The second-order valence-electron chi connectivity index (χ2n) is 4.47. The second kappa shape index (κ2) is 6.84. The molecule has 0 bridgehead atoms. The molecule has 0 atom stereocenters. The fourth-order valence-corrected chi connectivity index (χ4v) is 2.50. The summed E-state index contributed by atoms with van der Waals surface area (Å²) in [5.74, 6) is -0.467. The Morgan fingerprint density at radius 3 is 2.43 bits per heavy atom. The third kappa shape index (κ3) is 4.57. The van der Waals surface area contributed by atoms with E-state index in [1.54, 1.807) is 36.4 Å². The highest BCUT2D eigenvalue weighted by Gasteiger charge is 2.14. The molecule has 8 heteroatoms. The number of ether oxygens (including phenoxy) is 1. The molecule has 2 aromatic rings. The lowest BCUT2D eigenvalue weighted by Crippen LogP contribution is -2.06. The number of benzene rings is 2. The molecule has 23 heavy (non-hydrogen) atoms. The SMILES string of the molecule is COC(=O)c1ccc2cc(/C=C/S(=O)(=O)OC(F)F)ccc2c1. The number of esters is 1. The summed E-state index contributed by atoms with van der Waals surface area (Å²) < 4.78 is 54.4. The van der Waals surface area contributed by atoms with Gasteiger partial charge in [0.25, 0.3) is 10.1 Å². The fourth-order valence-electron chi connectivity index (χ4n) is 1.91. The summed E-state index contributed by atoms with van der Waals surface area (Å²) >= 11 is 0. The van der Waals surface area contributed by atoms with Gasteiger partial charge < -0.3 is 4.74 Å². The van der Waals surface area contributed by atoms with Gasteiger partial charge in [0.2, 0.25) is 0 Å². The van der Waals surface area contributed by atoms with Gasteiger partial charge >= 0.3 is 12.6 Å². The number of methoxy groups -OCH3 is 1. The van der Waals surface area contributed by atoms with E-state index in [9.17, 15) is 22.0 Å². The van der Waals surface area contributed by atoms with Crippen LogP contribution in [-0.2, 0) is 19.0 Å². The first kappa shape index (κ1) is 17.0. The zero-order valence-corrected chi connectivity index (χ0v) is 12.7. The highest BCUT2D eigenvalue weighted by atomic mass is 32.2. The first-order valence-electron chi connectivity index (χ1n) is 6.32. The maximum absolute atomic E-state index is 11.9. The van der Waals surface area contributed by atoms with E-state index in [2.05, 4.69) is 8.92 Å². The normalized spacial score (nSPS) is 12.2. The molecule has 0 aliphatic rings. The van der Waals surface area contributed by atoms with Crippen molar-refractivity contribution in [1.29, 1.82) is 0 Å². The van der Waals surface area contributed by atoms with Crippen molar-refractivity contribution in [3.8, 4) is 0 Å². The molecule has 0 amide bonds. The fraction of sp³-hybridized carbons (Fsp3) is 0.133. The van der Waals surface area contributed by atoms with E-state index in [0.29, 0.717) is 16.5 Å². The predicted octanol–water partition coefficient (Wildman–Crippen LogP) is 3.17. The average Bonchev–Trinajstić information content (AvgIpc) is 2.50. The molecule has 0 unspecified atom stereocenters. The van der Waals surface area contributed by atoms with Crippen LogP contribution < -0.4 is 0 Å². The molecule has 0 heterocycles. The molecule has 0 spiro atoms. The topological polar surface area (TPSA) is 69.7 Å². The van der Waals surface area contributed by atoms with Crippen molar-refractivity contribution in [1.82, 2.24) is 0 Å². The van der Waals surface area contributed by atoms with Crippen LogP contribution in [0.25, 0.3) is 16.8 Å². The summed E-state index contributed by atoms with van der Waals surface area (Å²) in [5.41, 5.74) is 0.862. The molecule has 2 rings (SSSR count). The standard InChI is InChI=1S/C15H12F2O5S/c1-21-14(18)13-5-4-11-8-10(2-3-12(11)9-13)6-7-23(19,20)22-15(16)17/h2-9,15H,1H3/b7-6+. The van der Waals surface area contributed by atoms with Gasteiger partial charge in [0.05, 0.1) is 18.1 Å². The summed E-state index contributed by atoms with van der Waals surface area (Å²) in [6.07, 6.45) is 1.14. The lowest BCUT2D eigenvalue weighted by Gasteiger charge is -2.03. The van der Waals surface area contributed by atoms with Gasteiger partial charge in [-0.2, -0.15) is 21.4 Å². The molecule has 5 nitrogen and oxygen atoms in total. The first-order chi connectivity index (χ1) is 10.8. The summed E-state index contributed by atoms with van der Waals surface area (Å²) in [6.45, 7) is -3.40.